The van der Waals surface area contributed by atoms with Crippen molar-refractivity contribution in [3.63, 3.8) is 0 Å². The van der Waals surface area contributed by atoms with Crippen LogP contribution in [0.3, 0.4) is 0 Å². The summed E-state index contributed by atoms with van der Waals surface area (Å²) in [5, 5.41) is 3.31. The number of aryl methyl sites for hydroxylation is 2. The Morgan fingerprint density at radius 3 is 2.50 bits per heavy atom. The zero-order valence-corrected chi connectivity index (χ0v) is 14.2. The van der Waals surface area contributed by atoms with Crippen molar-refractivity contribution in [1.82, 2.24) is 4.90 Å². The molecule has 2 rings (SSSR count). The number of carbonyl (C=O) groups excluding carboxylic acids is 1. The third-order valence-electron chi connectivity index (χ3n) is 4.27. The molecule has 5 nitrogen and oxygen atoms in total. The first-order valence-electron chi connectivity index (χ1n) is 7.56. The monoisotopic (exact) mass is 324 g/mol. The molecule has 1 fully saturated rings. The summed E-state index contributed by atoms with van der Waals surface area (Å²) < 4.78 is 23.0. The van der Waals surface area contributed by atoms with E-state index in [1.165, 1.54) is 0 Å². The fourth-order valence-corrected chi connectivity index (χ4v) is 4.62. The number of rotatable bonds is 5. The Morgan fingerprint density at radius 2 is 1.95 bits per heavy atom. The number of hydrogen-bond donors (Lipinski definition) is 1. The molecule has 0 bridgehead atoms. The third kappa shape index (κ3) is 4.00. The van der Waals surface area contributed by atoms with Crippen molar-refractivity contribution in [2.75, 3.05) is 30.4 Å². The predicted molar refractivity (Wildman–Crippen MR) is 88.9 cm³/mol. The van der Waals surface area contributed by atoms with E-state index in [0.717, 1.165) is 16.8 Å². The SMILES string of the molecule is Cc1cccc(C)c1NCCC(=O)N(C)C1CCS(=O)(=O)C1. The first kappa shape index (κ1) is 16.8. The van der Waals surface area contributed by atoms with Gasteiger partial charge >= 0.3 is 0 Å². The molecule has 1 aromatic rings. The molecule has 0 aromatic heterocycles. The molecule has 1 amide bonds. The molecule has 1 atom stereocenters. The van der Waals surface area contributed by atoms with E-state index in [-0.39, 0.29) is 23.5 Å². The van der Waals surface area contributed by atoms with E-state index in [1.807, 2.05) is 32.0 Å². The first-order chi connectivity index (χ1) is 10.3. The average molecular weight is 324 g/mol. The Labute approximate surface area is 132 Å². The van der Waals surface area contributed by atoms with Gasteiger partial charge in [0.25, 0.3) is 0 Å². The molecule has 1 aromatic carbocycles. The molecular weight excluding hydrogens is 300 g/mol. The van der Waals surface area contributed by atoms with Gasteiger partial charge in [0.1, 0.15) is 0 Å². The molecule has 22 heavy (non-hydrogen) atoms. The third-order valence-corrected chi connectivity index (χ3v) is 6.02. The lowest BCUT2D eigenvalue weighted by molar-refractivity contribution is -0.131. The molecule has 1 heterocycles. The van der Waals surface area contributed by atoms with Gasteiger partial charge in [-0.25, -0.2) is 8.42 Å². The Kier molecular flexibility index (Phi) is 5.11. The highest BCUT2D eigenvalue weighted by molar-refractivity contribution is 7.91. The normalized spacial score (nSPS) is 19.9. The lowest BCUT2D eigenvalue weighted by Crippen LogP contribution is -2.38. The molecule has 0 spiro atoms. The smallest absolute Gasteiger partial charge is 0.224 e. The van der Waals surface area contributed by atoms with Crippen LogP contribution in [0.2, 0.25) is 0 Å². The van der Waals surface area contributed by atoms with Crippen LogP contribution in [0.25, 0.3) is 0 Å². The number of para-hydroxylation sites is 1. The second-order valence-electron chi connectivity index (χ2n) is 6.01. The van der Waals surface area contributed by atoms with Crippen molar-refractivity contribution in [2.45, 2.75) is 32.7 Å². The van der Waals surface area contributed by atoms with Crippen LogP contribution in [0, 0.1) is 13.8 Å². The molecule has 122 valence electrons. The highest BCUT2D eigenvalue weighted by Gasteiger charge is 2.32. The van der Waals surface area contributed by atoms with Crippen molar-refractivity contribution in [1.29, 1.82) is 0 Å². The number of nitrogens with zero attached hydrogens (tertiary/aromatic N) is 1. The standard InChI is InChI=1S/C16H24N2O3S/c1-12-5-4-6-13(2)16(12)17-9-7-15(19)18(3)14-8-10-22(20,21)11-14/h4-6,14,17H,7-11H2,1-3H3. The summed E-state index contributed by atoms with van der Waals surface area (Å²) in [5.74, 6) is 0.274. The van der Waals surface area contributed by atoms with Crippen molar-refractivity contribution < 1.29 is 13.2 Å². The second-order valence-corrected chi connectivity index (χ2v) is 8.23. The van der Waals surface area contributed by atoms with Gasteiger partial charge in [-0.3, -0.25) is 4.79 Å². The molecule has 1 N–H and O–H groups in total. The zero-order valence-electron chi connectivity index (χ0n) is 13.4. The van der Waals surface area contributed by atoms with E-state index in [4.69, 9.17) is 0 Å². The van der Waals surface area contributed by atoms with Gasteiger partial charge in [0, 0.05) is 31.7 Å². The van der Waals surface area contributed by atoms with Crippen LogP contribution in [0.4, 0.5) is 5.69 Å². The van der Waals surface area contributed by atoms with E-state index in [0.29, 0.717) is 19.4 Å². The summed E-state index contributed by atoms with van der Waals surface area (Å²) in [6.07, 6.45) is 0.912. The Morgan fingerprint density at radius 1 is 1.32 bits per heavy atom. The number of nitrogens with one attached hydrogen (secondary N) is 1. The average Bonchev–Trinajstić information content (AvgIpc) is 2.81. The number of benzene rings is 1. The summed E-state index contributed by atoms with van der Waals surface area (Å²) in [7, 11) is -1.26. The minimum Gasteiger partial charge on any atom is -0.384 e. The molecule has 1 aliphatic heterocycles. The summed E-state index contributed by atoms with van der Waals surface area (Å²) in [6.45, 7) is 4.62. The van der Waals surface area contributed by atoms with E-state index in [1.54, 1.807) is 11.9 Å². The summed E-state index contributed by atoms with van der Waals surface area (Å²) >= 11 is 0. The van der Waals surface area contributed by atoms with Crippen molar-refractivity contribution in [2.24, 2.45) is 0 Å². The predicted octanol–water partition coefficient (Wildman–Crippen LogP) is 1.75. The fourth-order valence-electron chi connectivity index (χ4n) is 2.85. The molecule has 0 radical (unpaired) electrons. The van der Waals surface area contributed by atoms with Crippen LogP contribution < -0.4 is 5.32 Å². The number of carbonyl (C=O) groups is 1. The molecule has 6 heteroatoms. The van der Waals surface area contributed by atoms with Crippen LogP contribution in [0.1, 0.15) is 24.0 Å². The molecule has 1 unspecified atom stereocenters. The van der Waals surface area contributed by atoms with Crippen molar-refractivity contribution in [3.8, 4) is 0 Å². The van der Waals surface area contributed by atoms with E-state index in [2.05, 4.69) is 5.32 Å². The first-order valence-corrected chi connectivity index (χ1v) is 9.38. The van der Waals surface area contributed by atoms with Crippen LogP contribution in [0.5, 0.6) is 0 Å². The maximum Gasteiger partial charge on any atom is 0.224 e. The lowest BCUT2D eigenvalue weighted by atomic mass is 10.1. The summed E-state index contributed by atoms with van der Waals surface area (Å²) in [4.78, 5) is 13.8. The van der Waals surface area contributed by atoms with Gasteiger partial charge in [-0.05, 0) is 31.4 Å². The lowest BCUT2D eigenvalue weighted by Gasteiger charge is -2.23. The van der Waals surface area contributed by atoms with Crippen molar-refractivity contribution in [3.05, 3.63) is 29.3 Å². The molecular formula is C16H24N2O3S. The van der Waals surface area contributed by atoms with Gasteiger partial charge in [0.15, 0.2) is 9.84 Å². The zero-order chi connectivity index (χ0) is 16.3. The van der Waals surface area contributed by atoms with Crippen LogP contribution >= 0.6 is 0 Å². The minimum atomic E-state index is -2.96. The largest absolute Gasteiger partial charge is 0.384 e. The summed E-state index contributed by atoms with van der Waals surface area (Å²) in [6, 6.07) is 5.91. The van der Waals surface area contributed by atoms with E-state index < -0.39 is 9.84 Å². The van der Waals surface area contributed by atoms with Gasteiger partial charge in [-0.1, -0.05) is 18.2 Å². The topological polar surface area (TPSA) is 66.5 Å². The second kappa shape index (κ2) is 6.69. The van der Waals surface area contributed by atoms with Gasteiger partial charge in [0.2, 0.25) is 5.91 Å². The Bertz CT molecular complexity index is 635. The number of amides is 1. The molecule has 1 saturated heterocycles. The van der Waals surface area contributed by atoms with Gasteiger partial charge in [-0.2, -0.15) is 0 Å². The maximum atomic E-state index is 12.2. The minimum absolute atomic E-state index is 0.0131. The number of anilines is 1. The van der Waals surface area contributed by atoms with Crippen LogP contribution in [-0.4, -0.2) is 50.4 Å². The van der Waals surface area contributed by atoms with Crippen LogP contribution in [0.15, 0.2) is 18.2 Å². The van der Waals surface area contributed by atoms with E-state index in [9.17, 15) is 13.2 Å². The highest BCUT2D eigenvalue weighted by atomic mass is 32.2. The van der Waals surface area contributed by atoms with E-state index >= 15 is 0 Å². The molecule has 0 saturated carbocycles. The fraction of sp³-hybridized carbons (Fsp3) is 0.562. The van der Waals surface area contributed by atoms with Gasteiger partial charge in [0.05, 0.1) is 11.5 Å². The molecule has 1 aliphatic rings. The van der Waals surface area contributed by atoms with Crippen LogP contribution in [-0.2, 0) is 14.6 Å². The van der Waals surface area contributed by atoms with Gasteiger partial charge in [-0.15, -0.1) is 0 Å². The van der Waals surface area contributed by atoms with Gasteiger partial charge < -0.3 is 10.2 Å². The number of hydrogen-bond acceptors (Lipinski definition) is 4. The number of sulfone groups is 1. The maximum absolute atomic E-state index is 12.2. The quantitative estimate of drug-likeness (QED) is 0.896. The molecule has 0 aliphatic carbocycles. The Balaban J connectivity index is 1.85. The summed E-state index contributed by atoms with van der Waals surface area (Å²) in [5.41, 5.74) is 3.38. The Hall–Kier alpha value is -1.56. The highest BCUT2D eigenvalue weighted by Crippen LogP contribution is 2.20. The van der Waals surface area contributed by atoms with Crippen molar-refractivity contribution >= 4 is 21.4 Å².